The third-order valence-corrected chi connectivity index (χ3v) is 14.8. The first-order valence-corrected chi connectivity index (χ1v) is 24.9. The van der Waals surface area contributed by atoms with Crippen LogP contribution in [-0.4, -0.2) is 142 Å². The van der Waals surface area contributed by atoms with E-state index in [9.17, 15) is 24.6 Å². The summed E-state index contributed by atoms with van der Waals surface area (Å²) in [5, 5.41) is 29.3. The van der Waals surface area contributed by atoms with Crippen molar-refractivity contribution in [3.8, 4) is 10.6 Å². The van der Waals surface area contributed by atoms with Crippen LogP contribution in [0.5, 0.6) is 0 Å². The van der Waals surface area contributed by atoms with Gasteiger partial charge < -0.3 is 54.1 Å². The summed E-state index contributed by atoms with van der Waals surface area (Å²) < 4.78 is 39.9. The van der Waals surface area contributed by atoms with Crippen molar-refractivity contribution in [2.75, 3.05) is 33.0 Å². The minimum Gasteiger partial charge on any atom is -0.461 e. The average Bonchev–Trinajstić information content (AvgIpc) is 3.78. The molecular weight excluding hydrogens is 921 g/mol. The van der Waals surface area contributed by atoms with Crippen LogP contribution in [0, 0.1) is 23.7 Å². The highest BCUT2D eigenvalue weighted by Gasteiger charge is 2.54. The van der Waals surface area contributed by atoms with Crippen molar-refractivity contribution in [1.29, 1.82) is 0 Å². The van der Waals surface area contributed by atoms with E-state index in [0.717, 1.165) is 15.4 Å². The molecule has 0 radical (unpaired) electrons. The second-order valence-corrected chi connectivity index (χ2v) is 20.9. The number of oxime groups is 1. The molecule has 0 saturated carbocycles. The Labute approximate surface area is 415 Å². The number of hydrogen-bond donors (Lipinski definition) is 3. The SMILES string of the molecule is CC[C@H]1OC(=O)[C@H](C)[C@@H](OC(=O)Cc2ccccn2)[C@H](C)[C@@H](O[C@@H]2O[C@H](C)C[C@H](N(C)C)[C@H]2O)[C@@]2(C)C[C@@H](C)C(=NC(C)=O)[C@H](C)[C@@H](OC/C(=N\OCc3ccc(-c4cccc(N)n4)s3)CO2)[C@]1(C)O. The molecule has 1 amide bonds. The number of aromatic nitrogens is 2. The van der Waals surface area contributed by atoms with Crippen molar-refractivity contribution < 1.29 is 57.9 Å². The van der Waals surface area contributed by atoms with Gasteiger partial charge in [0, 0.05) is 41.6 Å². The van der Waals surface area contributed by atoms with E-state index >= 15 is 0 Å². The number of fused-ring (bicyclic) bond motifs is 5. The van der Waals surface area contributed by atoms with E-state index in [1.54, 1.807) is 51.2 Å². The van der Waals surface area contributed by atoms with Crippen LogP contribution in [0.3, 0.4) is 0 Å². The van der Waals surface area contributed by atoms with Gasteiger partial charge in [-0.25, -0.2) is 9.98 Å². The molecule has 3 aromatic rings. The van der Waals surface area contributed by atoms with Crippen LogP contribution in [0.1, 0.15) is 92.1 Å². The average molecular weight is 993 g/mol. The summed E-state index contributed by atoms with van der Waals surface area (Å²) in [6.45, 7) is 15.2. The van der Waals surface area contributed by atoms with Gasteiger partial charge in [0.15, 0.2) is 12.9 Å². The Hall–Kier alpha value is -4.73. The van der Waals surface area contributed by atoms with Gasteiger partial charge in [0.2, 0.25) is 5.91 Å². The van der Waals surface area contributed by atoms with Gasteiger partial charge in [-0.15, -0.1) is 11.3 Å². The van der Waals surface area contributed by atoms with Crippen LogP contribution in [-0.2, 0) is 60.7 Å². The zero-order chi connectivity index (χ0) is 51.1. The number of amides is 1. The third kappa shape index (κ3) is 13.2. The second-order valence-electron chi connectivity index (χ2n) is 19.7. The van der Waals surface area contributed by atoms with Gasteiger partial charge in [0.25, 0.3) is 0 Å². The molecule has 0 spiro atoms. The van der Waals surface area contributed by atoms with E-state index in [4.69, 9.17) is 39.0 Å². The molecule has 384 valence electrons. The molecule has 3 aliphatic rings. The number of aliphatic hydroxyl groups is 2. The quantitative estimate of drug-likeness (QED) is 0.152. The molecule has 14 atom stereocenters. The fraction of sp³-hybridized carbons (Fsp3) is 0.627. The lowest BCUT2D eigenvalue weighted by atomic mass is 9.73. The fourth-order valence-corrected chi connectivity index (χ4v) is 11.1. The first-order chi connectivity index (χ1) is 33.1. The van der Waals surface area contributed by atoms with Crippen LogP contribution < -0.4 is 5.73 Å². The van der Waals surface area contributed by atoms with E-state index in [2.05, 4.69) is 20.1 Å². The molecule has 0 unspecified atom stereocenters. The number of ether oxygens (including phenoxy) is 6. The van der Waals surface area contributed by atoms with Crippen molar-refractivity contribution >= 4 is 46.4 Å². The van der Waals surface area contributed by atoms with E-state index < -0.39 is 89.5 Å². The number of esters is 2. The lowest BCUT2D eigenvalue weighted by molar-refractivity contribution is -0.302. The number of aliphatic hydroxyl groups excluding tert-OH is 1. The third-order valence-electron chi connectivity index (χ3n) is 13.7. The Morgan fingerprint density at radius 3 is 2.46 bits per heavy atom. The Balaban J connectivity index is 1.50. The predicted octanol–water partition coefficient (Wildman–Crippen LogP) is 5.81. The maximum Gasteiger partial charge on any atom is 0.312 e. The predicted molar refractivity (Wildman–Crippen MR) is 264 cm³/mol. The molecular formula is C51H72N6O12S. The van der Waals surface area contributed by atoms with E-state index in [0.29, 0.717) is 29.4 Å². The number of pyridine rings is 2. The highest BCUT2D eigenvalue weighted by Crippen LogP contribution is 2.42. The summed E-state index contributed by atoms with van der Waals surface area (Å²) in [6, 6.07) is 14.1. The van der Waals surface area contributed by atoms with Crippen LogP contribution in [0.2, 0.25) is 0 Å². The fourth-order valence-electron chi connectivity index (χ4n) is 10.2. The molecule has 3 fully saturated rings. The molecule has 0 aliphatic carbocycles. The minimum atomic E-state index is -1.89. The normalized spacial score (nSPS) is 34.8. The Kier molecular flexibility index (Phi) is 18.5. The molecule has 0 aromatic carbocycles. The number of nitrogens with two attached hydrogens (primary N) is 1. The number of rotatable bonds is 11. The lowest BCUT2D eigenvalue weighted by Crippen LogP contribution is -2.61. The van der Waals surface area contributed by atoms with Gasteiger partial charge in [-0.1, -0.05) is 45.0 Å². The van der Waals surface area contributed by atoms with Gasteiger partial charge in [0.05, 0.1) is 65.7 Å². The van der Waals surface area contributed by atoms with Crippen molar-refractivity contribution in [3.05, 3.63) is 65.3 Å². The van der Waals surface area contributed by atoms with Crippen molar-refractivity contribution in [1.82, 2.24) is 14.9 Å². The maximum absolute atomic E-state index is 14.6. The van der Waals surface area contributed by atoms with E-state index in [-0.39, 0.29) is 51.2 Å². The smallest absolute Gasteiger partial charge is 0.312 e. The van der Waals surface area contributed by atoms with Crippen LogP contribution in [0.4, 0.5) is 5.82 Å². The zero-order valence-corrected chi connectivity index (χ0v) is 43.1. The minimum absolute atomic E-state index is 0.0833. The van der Waals surface area contributed by atoms with Crippen LogP contribution >= 0.6 is 11.3 Å². The summed E-state index contributed by atoms with van der Waals surface area (Å²) in [6.07, 6.45) is -5.20. The Bertz CT molecular complexity index is 2310. The highest BCUT2D eigenvalue weighted by molar-refractivity contribution is 7.15. The van der Waals surface area contributed by atoms with Gasteiger partial charge in [-0.2, -0.15) is 0 Å². The first-order valence-electron chi connectivity index (χ1n) is 24.1. The molecule has 70 heavy (non-hydrogen) atoms. The molecule has 6 heterocycles. The molecule has 4 N–H and O–H groups in total. The Morgan fingerprint density at radius 1 is 1.03 bits per heavy atom. The number of likely N-dealkylation sites (N-methyl/N-ethyl adjacent to an activating group) is 1. The van der Waals surface area contributed by atoms with Gasteiger partial charge in [-0.3, -0.25) is 19.4 Å². The number of cyclic esters (lactones) is 1. The number of anilines is 1. The number of thiophene rings is 1. The number of aliphatic imine (C=N–C) groups is 1. The van der Waals surface area contributed by atoms with Crippen LogP contribution in [0.25, 0.3) is 10.6 Å². The summed E-state index contributed by atoms with van der Waals surface area (Å²) in [5.41, 5.74) is 4.50. The standard InChI is InChI=1S/C51H72N6O12S/c1-12-40-51(9,62)47-30(4)43(54-33(7)58)28(2)24-50(8,64-26-35(25-63-47)56-65-27-36-19-20-39(70-36)37-17-15-18-41(52)55-37)46(69-49-44(60)38(57(10)11)22-29(3)66-49)31(5)45(32(6)48(61)67-40)68-42(59)23-34-16-13-14-21-53-34/h13-21,28-32,38,40,44-47,49,60,62H,12,22-27H2,1-11H3,(H2,52,55)/b54-43?,56-35+/t28-,29-,30+,31+,32-,38+,40-,44-,45+,46-,47-,49+,50-,51-/m1/s1. The molecule has 3 saturated heterocycles. The summed E-state index contributed by atoms with van der Waals surface area (Å²) >= 11 is 1.47. The summed E-state index contributed by atoms with van der Waals surface area (Å²) in [7, 11) is 3.75. The lowest BCUT2D eigenvalue weighted by Gasteiger charge is -2.49. The molecule has 18 nitrogen and oxygen atoms in total. The van der Waals surface area contributed by atoms with Gasteiger partial charge in [-0.05, 0) is 103 Å². The van der Waals surface area contributed by atoms with Crippen molar-refractivity contribution in [2.45, 2.75) is 155 Å². The van der Waals surface area contributed by atoms with Gasteiger partial charge in [0.1, 0.15) is 35.4 Å². The topological polar surface area (TPSA) is 236 Å². The van der Waals surface area contributed by atoms with E-state index in [1.807, 2.05) is 71.0 Å². The van der Waals surface area contributed by atoms with Crippen LogP contribution in [0.15, 0.2) is 64.9 Å². The zero-order valence-electron chi connectivity index (χ0n) is 42.3. The molecule has 6 rings (SSSR count). The summed E-state index contributed by atoms with van der Waals surface area (Å²) in [4.78, 5) is 64.8. The Morgan fingerprint density at radius 2 is 1.79 bits per heavy atom. The molecule has 19 heteroatoms. The molecule has 2 bridgehead atoms. The largest absolute Gasteiger partial charge is 0.461 e. The monoisotopic (exact) mass is 992 g/mol. The molecule has 3 aromatic heterocycles. The summed E-state index contributed by atoms with van der Waals surface area (Å²) in [5.74, 6) is -4.83. The number of carbonyl (C=O) groups excluding carboxylic acids is 3. The molecule has 3 aliphatic heterocycles. The number of nitrogen functional groups attached to an aromatic ring is 1. The van der Waals surface area contributed by atoms with E-state index in [1.165, 1.54) is 25.2 Å². The second kappa shape index (κ2) is 23.7. The first kappa shape index (κ1) is 54.6. The number of nitrogens with zero attached hydrogens (tertiary/aromatic N) is 5. The van der Waals surface area contributed by atoms with Crippen molar-refractivity contribution in [3.63, 3.8) is 0 Å². The van der Waals surface area contributed by atoms with Crippen molar-refractivity contribution in [2.24, 2.45) is 33.8 Å². The highest BCUT2D eigenvalue weighted by atomic mass is 32.1. The number of hydrogen-bond acceptors (Lipinski definition) is 18. The maximum atomic E-state index is 14.6. The number of carbonyl (C=O) groups is 3. The van der Waals surface area contributed by atoms with Gasteiger partial charge >= 0.3 is 11.9 Å².